The zero-order valence-corrected chi connectivity index (χ0v) is 18.4. The maximum absolute atomic E-state index is 13.0. The number of benzene rings is 1. The van der Waals surface area contributed by atoms with Crippen LogP contribution in [0.3, 0.4) is 0 Å². The Morgan fingerprint density at radius 1 is 1.21 bits per heavy atom. The van der Waals surface area contributed by atoms with Crippen molar-refractivity contribution in [1.29, 1.82) is 0 Å². The van der Waals surface area contributed by atoms with Gasteiger partial charge in [0.25, 0.3) is 5.91 Å². The second-order valence-corrected chi connectivity index (χ2v) is 7.96. The van der Waals surface area contributed by atoms with Gasteiger partial charge in [-0.25, -0.2) is 9.97 Å². The fourth-order valence-corrected chi connectivity index (χ4v) is 4.05. The summed E-state index contributed by atoms with van der Waals surface area (Å²) in [6.45, 7) is 3.61. The van der Waals surface area contributed by atoms with E-state index in [1.807, 2.05) is 24.0 Å². The summed E-state index contributed by atoms with van der Waals surface area (Å²) in [5.74, 6) is 3.13. The lowest BCUT2D eigenvalue weighted by atomic mass is 10.1. The number of pyridine rings is 1. The van der Waals surface area contributed by atoms with Crippen molar-refractivity contribution in [3.05, 3.63) is 60.2 Å². The monoisotopic (exact) mass is 447 g/mol. The standard InChI is InChI=1S/C24H25N5O4/c1-16-4-2-8-26-24(16)28-22-14-25-13-18(27-22)19-5-3-9-29(19)23(30)15-33-17-6-7-20-21(12-17)32-11-10-31-20/h2,4,6-8,12-14,19H,3,5,9-11,15H2,1H3,(H,26,27,28). The number of rotatable bonds is 6. The van der Waals surface area contributed by atoms with Gasteiger partial charge in [-0.1, -0.05) is 6.07 Å². The van der Waals surface area contributed by atoms with E-state index in [2.05, 4.69) is 15.3 Å². The predicted molar refractivity (Wildman–Crippen MR) is 121 cm³/mol. The summed E-state index contributed by atoms with van der Waals surface area (Å²) in [4.78, 5) is 28.2. The van der Waals surface area contributed by atoms with Crippen molar-refractivity contribution < 1.29 is 19.0 Å². The lowest BCUT2D eigenvalue weighted by molar-refractivity contribution is -0.134. The van der Waals surface area contributed by atoms with Crippen molar-refractivity contribution in [2.75, 3.05) is 31.7 Å². The van der Waals surface area contributed by atoms with E-state index in [0.29, 0.717) is 42.8 Å². The third-order valence-electron chi connectivity index (χ3n) is 5.70. The van der Waals surface area contributed by atoms with Crippen LogP contribution in [0.2, 0.25) is 0 Å². The second kappa shape index (κ2) is 9.32. The number of fused-ring (bicyclic) bond motifs is 1. The van der Waals surface area contributed by atoms with Gasteiger partial charge in [0.1, 0.15) is 30.6 Å². The molecule has 0 radical (unpaired) electrons. The molecule has 0 aliphatic carbocycles. The second-order valence-electron chi connectivity index (χ2n) is 7.96. The summed E-state index contributed by atoms with van der Waals surface area (Å²) >= 11 is 0. The first-order valence-corrected chi connectivity index (χ1v) is 11.0. The first-order chi connectivity index (χ1) is 16.2. The number of nitrogens with one attached hydrogen (secondary N) is 1. The lowest BCUT2D eigenvalue weighted by Gasteiger charge is -2.24. The molecule has 1 aromatic carbocycles. The highest BCUT2D eigenvalue weighted by molar-refractivity contribution is 5.78. The van der Waals surface area contributed by atoms with Gasteiger partial charge in [-0.15, -0.1) is 0 Å². The number of aromatic nitrogens is 3. The Labute approximate surface area is 191 Å². The normalized spacial score (nSPS) is 17.0. The van der Waals surface area contributed by atoms with E-state index >= 15 is 0 Å². The van der Waals surface area contributed by atoms with E-state index in [9.17, 15) is 4.79 Å². The van der Waals surface area contributed by atoms with Crippen LogP contribution in [-0.4, -0.2) is 52.1 Å². The molecular formula is C24H25N5O4. The van der Waals surface area contributed by atoms with Crippen LogP contribution in [0.1, 0.15) is 30.1 Å². The van der Waals surface area contributed by atoms with Gasteiger partial charge in [0.2, 0.25) is 0 Å². The predicted octanol–water partition coefficient (Wildman–Crippen LogP) is 3.44. The Kier molecular flexibility index (Phi) is 5.93. The summed E-state index contributed by atoms with van der Waals surface area (Å²) in [6.07, 6.45) is 6.83. The van der Waals surface area contributed by atoms with Crippen molar-refractivity contribution in [2.24, 2.45) is 0 Å². The fourth-order valence-electron chi connectivity index (χ4n) is 4.05. The maximum Gasteiger partial charge on any atom is 0.261 e. The van der Waals surface area contributed by atoms with Crippen LogP contribution >= 0.6 is 0 Å². The lowest BCUT2D eigenvalue weighted by Crippen LogP contribution is -2.34. The molecule has 2 aliphatic rings. The van der Waals surface area contributed by atoms with E-state index in [0.717, 1.165) is 29.9 Å². The average Bonchev–Trinajstić information content (AvgIpc) is 3.34. The van der Waals surface area contributed by atoms with Crippen LogP contribution in [0.4, 0.5) is 11.6 Å². The number of aryl methyl sites for hydroxylation is 1. The fraction of sp³-hybridized carbons (Fsp3) is 0.333. The van der Waals surface area contributed by atoms with Crippen LogP contribution in [0.25, 0.3) is 0 Å². The maximum atomic E-state index is 13.0. The molecule has 1 N–H and O–H groups in total. The van der Waals surface area contributed by atoms with Gasteiger partial charge in [0, 0.05) is 18.8 Å². The number of ether oxygens (including phenoxy) is 3. The van der Waals surface area contributed by atoms with Crippen LogP contribution in [0, 0.1) is 6.92 Å². The van der Waals surface area contributed by atoms with Gasteiger partial charge < -0.3 is 24.4 Å². The Balaban J connectivity index is 1.25. The SMILES string of the molecule is Cc1cccnc1Nc1cncc(C2CCCN2C(=O)COc2ccc3c(c2)OCCO3)n1. The molecule has 2 aliphatic heterocycles. The average molecular weight is 447 g/mol. The van der Waals surface area contributed by atoms with Crippen LogP contribution < -0.4 is 19.5 Å². The van der Waals surface area contributed by atoms with Gasteiger partial charge in [0.05, 0.1) is 24.1 Å². The molecule has 0 spiro atoms. The smallest absolute Gasteiger partial charge is 0.261 e. The molecule has 2 aromatic heterocycles. The highest BCUT2D eigenvalue weighted by Crippen LogP contribution is 2.34. The van der Waals surface area contributed by atoms with Crippen LogP contribution in [-0.2, 0) is 4.79 Å². The summed E-state index contributed by atoms with van der Waals surface area (Å²) in [5.41, 5.74) is 1.76. The number of nitrogens with zero attached hydrogens (tertiary/aromatic N) is 4. The van der Waals surface area contributed by atoms with Gasteiger partial charge in [-0.05, 0) is 43.5 Å². The molecule has 33 heavy (non-hydrogen) atoms. The highest BCUT2D eigenvalue weighted by Gasteiger charge is 2.31. The molecule has 1 saturated heterocycles. The zero-order valence-electron chi connectivity index (χ0n) is 18.4. The van der Waals surface area contributed by atoms with Crippen molar-refractivity contribution in [1.82, 2.24) is 19.9 Å². The molecule has 9 nitrogen and oxygen atoms in total. The molecule has 3 aromatic rings. The number of carbonyl (C=O) groups excluding carboxylic acids is 1. The number of hydrogen-bond acceptors (Lipinski definition) is 8. The van der Waals surface area contributed by atoms with E-state index in [1.165, 1.54) is 0 Å². The van der Waals surface area contributed by atoms with E-state index in [-0.39, 0.29) is 18.6 Å². The molecule has 1 atom stereocenters. The van der Waals surface area contributed by atoms with Gasteiger partial charge in [-0.3, -0.25) is 9.78 Å². The summed E-state index contributed by atoms with van der Waals surface area (Å²) in [6, 6.07) is 9.06. The van der Waals surface area contributed by atoms with Crippen molar-refractivity contribution >= 4 is 17.5 Å². The molecule has 0 bridgehead atoms. The first-order valence-electron chi connectivity index (χ1n) is 11.0. The molecular weight excluding hydrogens is 422 g/mol. The Morgan fingerprint density at radius 2 is 2.09 bits per heavy atom. The summed E-state index contributed by atoms with van der Waals surface area (Å²) in [7, 11) is 0. The van der Waals surface area contributed by atoms with Crippen LogP contribution in [0.5, 0.6) is 17.2 Å². The van der Waals surface area contributed by atoms with Crippen LogP contribution in [0.15, 0.2) is 48.9 Å². The van der Waals surface area contributed by atoms with Gasteiger partial charge in [-0.2, -0.15) is 0 Å². The topological polar surface area (TPSA) is 98.7 Å². The summed E-state index contributed by atoms with van der Waals surface area (Å²) < 4.78 is 16.9. The van der Waals surface area contributed by atoms with E-state index in [4.69, 9.17) is 19.2 Å². The molecule has 9 heteroatoms. The number of amides is 1. The molecule has 5 rings (SSSR count). The minimum absolute atomic E-state index is 0.0609. The Morgan fingerprint density at radius 3 is 2.97 bits per heavy atom. The van der Waals surface area contributed by atoms with E-state index in [1.54, 1.807) is 36.8 Å². The zero-order chi connectivity index (χ0) is 22.6. The quantitative estimate of drug-likeness (QED) is 0.614. The molecule has 1 fully saturated rings. The van der Waals surface area contributed by atoms with Gasteiger partial charge in [0.15, 0.2) is 18.1 Å². The molecule has 1 amide bonds. The number of anilines is 2. The molecule has 4 heterocycles. The van der Waals surface area contributed by atoms with Gasteiger partial charge >= 0.3 is 0 Å². The molecule has 1 unspecified atom stereocenters. The van der Waals surface area contributed by atoms with Crippen molar-refractivity contribution in [3.8, 4) is 17.2 Å². The number of likely N-dealkylation sites (tertiary alicyclic amines) is 1. The largest absolute Gasteiger partial charge is 0.486 e. The highest BCUT2D eigenvalue weighted by atomic mass is 16.6. The molecule has 0 saturated carbocycles. The third-order valence-corrected chi connectivity index (χ3v) is 5.70. The van der Waals surface area contributed by atoms with Crippen molar-refractivity contribution in [3.63, 3.8) is 0 Å². The Hall–Kier alpha value is -3.88. The number of carbonyl (C=O) groups is 1. The Bertz CT molecular complexity index is 1160. The van der Waals surface area contributed by atoms with E-state index < -0.39 is 0 Å². The third kappa shape index (κ3) is 4.67. The van der Waals surface area contributed by atoms with Crippen molar-refractivity contribution in [2.45, 2.75) is 25.8 Å². The number of hydrogen-bond donors (Lipinski definition) is 1. The minimum Gasteiger partial charge on any atom is -0.486 e. The minimum atomic E-state index is -0.138. The molecule has 170 valence electrons. The summed E-state index contributed by atoms with van der Waals surface area (Å²) in [5, 5.41) is 3.22. The first kappa shape index (κ1) is 21.0.